The zero-order valence-electron chi connectivity index (χ0n) is 20.2. The van der Waals surface area contributed by atoms with Crippen LogP contribution in [0.4, 0.5) is 0 Å². The van der Waals surface area contributed by atoms with Crippen LogP contribution >= 0.6 is 7.60 Å². The fourth-order valence-corrected chi connectivity index (χ4v) is 4.86. The Bertz CT molecular complexity index is 1030. The van der Waals surface area contributed by atoms with Crippen LogP contribution in [0.25, 0.3) is 0 Å². The van der Waals surface area contributed by atoms with Gasteiger partial charge in [0.25, 0.3) is 0 Å². The van der Waals surface area contributed by atoms with Gasteiger partial charge in [0.15, 0.2) is 0 Å². The van der Waals surface area contributed by atoms with Crippen LogP contribution in [0.15, 0.2) is 60.7 Å². The molecule has 0 spiro atoms. The van der Waals surface area contributed by atoms with E-state index in [1.54, 1.807) is 0 Å². The first-order valence-corrected chi connectivity index (χ1v) is 13.3. The molecule has 1 saturated heterocycles. The topological polar surface area (TPSA) is 141 Å². The molecular formula is C25H32NO9P. The van der Waals surface area contributed by atoms with Crippen molar-refractivity contribution in [1.82, 2.24) is 5.32 Å². The second-order valence-corrected chi connectivity index (χ2v) is 10.3. The lowest BCUT2D eigenvalue weighted by molar-refractivity contribution is -0.227. The van der Waals surface area contributed by atoms with Crippen LogP contribution in [0, 0.1) is 0 Å². The SMILES string of the molecule is CC(=O)NC1[C@H](CP(=O)(O)O)OC(COC(C)=O)[C@H](OCc2ccccc2)[C@@H]1OCc1ccccc1. The number of carbonyl (C=O) groups is 2. The third kappa shape index (κ3) is 8.81. The van der Waals surface area contributed by atoms with Crippen molar-refractivity contribution in [3.63, 3.8) is 0 Å². The Morgan fingerprint density at radius 1 is 0.889 bits per heavy atom. The quantitative estimate of drug-likeness (QED) is 0.300. The molecule has 36 heavy (non-hydrogen) atoms. The fraction of sp³-hybridized carbons (Fsp3) is 0.440. The van der Waals surface area contributed by atoms with Crippen molar-refractivity contribution < 1.29 is 42.9 Å². The highest BCUT2D eigenvalue weighted by Gasteiger charge is 2.49. The number of esters is 1. The summed E-state index contributed by atoms with van der Waals surface area (Å²) in [7, 11) is -4.55. The van der Waals surface area contributed by atoms with E-state index in [0.717, 1.165) is 11.1 Å². The maximum atomic E-state index is 12.1. The Hall–Kier alpha value is -2.59. The average Bonchev–Trinajstić information content (AvgIpc) is 2.82. The van der Waals surface area contributed by atoms with Crippen molar-refractivity contribution in [3.8, 4) is 0 Å². The summed E-state index contributed by atoms with van der Waals surface area (Å²) in [5.74, 6) is -0.967. The number of benzene rings is 2. The van der Waals surface area contributed by atoms with E-state index < -0.39 is 56.1 Å². The zero-order chi connectivity index (χ0) is 26.1. The van der Waals surface area contributed by atoms with Gasteiger partial charge in [0.1, 0.15) is 24.9 Å². The molecule has 1 aliphatic rings. The molecule has 10 nitrogen and oxygen atoms in total. The van der Waals surface area contributed by atoms with Crippen LogP contribution < -0.4 is 5.32 Å². The molecule has 196 valence electrons. The average molecular weight is 522 g/mol. The van der Waals surface area contributed by atoms with Crippen LogP contribution in [0.2, 0.25) is 0 Å². The van der Waals surface area contributed by atoms with Gasteiger partial charge in [-0.3, -0.25) is 14.2 Å². The van der Waals surface area contributed by atoms with E-state index in [1.165, 1.54) is 13.8 Å². The summed E-state index contributed by atoms with van der Waals surface area (Å²) in [4.78, 5) is 43.1. The molecule has 0 aromatic heterocycles. The minimum atomic E-state index is -4.55. The first-order chi connectivity index (χ1) is 17.1. The Labute approximate surface area is 210 Å². The van der Waals surface area contributed by atoms with Gasteiger partial charge in [-0.15, -0.1) is 0 Å². The maximum absolute atomic E-state index is 12.1. The highest BCUT2D eigenvalue weighted by atomic mass is 31.2. The summed E-state index contributed by atoms with van der Waals surface area (Å²) < 4.78 is 35.6. The van der Waals surface area contributed by atoms with Gasteiger partial charge in [-0.1, -0.05) is 60.7 Å². The number of hydrogen-bond donors (Lipinski definition) is 3. The van der Waals surface area contributed by atoms with Crippen molar-refractivity contribution in [3.05, 3.63) is 71.8 Å². The minimum absolute atomic E-state index is 0.149. The van der Waals surface area contributed by atoms with Crippen molar-refractivity contribution in [2.24, 2.45) is 0 Å². The van der Waals surface area contributed by atoms with Crippen LogP contribution in [0.5, 0.6) is 0 Å². The summed E-state index contributed by atoms with van der Waals surface area (Å²) >= 11 is 0. The number of amides is 1. The molecule has 0 bridgehead atoms. The Balaban J connectivity index is 1.95. The van der Waals surface area contributed by atoms with E-state index in [0.29, 0.717) is 0 Å². The molecule has 3 rings (SSSR count). The third-order valence-corrected chi connectivity index (χ3v) is 6.44. The van der Waals surface area contributed by atoms with E-state index in [2.05, 4.69) is 5.32 Å². The van der Waals surface area contributed by atoms with Crippen molar-refractivity contribution in [2.45, 2.75) is 57.5 Å². The predicted octanol–water partition coefficient (Wildman–Crippen LogP) is 2.17. The Morgan fingerprint density at radius 2 is 1.42 bits per heavy atom. The molecule has 2 unspecified atom stereocenters. The molecule has 0 saturated carbocycles. The van der Waals surface area contributed by atoms with Crippen LogP contribution in [0.3, 0.4) is 0 Å². The molecule has 1 heterocycles. The molecule has 0 aliphatic carbocycles. The lowest BCUT2D eigenvalue weighted by Crippen LogP contribution is -2.66. The monoisotopic (exact) mass is 521 g/mol. The normalized spacial score (nSPS) is 24.2. The van der Waals surface area contributed by atoms with Crippen LogP contribution in [-0.2, 0) is 46.3 Å². The van der Waals surface area contributed by atoms with Crippen molar-refractivity contribution in [1.29, 1.82) is 0 Å². The number of carbonyl (C=O) groups excluding carboxylic acids is 2. The smallest absolute Gasteiger partial charge is 0.328 e. The first kappa shape index (κ1) is 28.0. The van der Waals surface area contributed by atoms with Crippen molar-refractivity contribution in [2.75, 3.05) is 12.8 Å². The molecule has 1 fully saturated rings. The first-order valence-electron chi connectivity index (χ1n) is 11.5. The summed E-state index contributed by atoms with van der Waals surface area (Å²) in [5.41, 5.74) is 1.73. The number of nitrogens with one attached hydrogen (secondary N) is 1. The summed E-state index contributed by atoms with van der Waals surface area (Å²) in [5, 5.41) is 2.73. The molecular weight excluding hydrogens is 489 g/mol. The third-order valence-electron chi connectivity index (χ3n) is 5.60. The summed E-state index contributed by atoms with van der Waals surface area (Å²) in [6.45, 7) is 2.65. The van der Waals surface area contributed by atoms with E-state index in [9.17, 15) is 23.9 Å². The lowest BCUT2D eigenvalue weighted by atomic mass is 9.92. The summed E-state index contributed by atoms with van der Waals surface area (Å²) in [6, 6.07) is 17.8. The van der Waals surface area contributed by atoms with Gasteiger partial charge in [-0.05, 0) is 11.1 Å². The molecule has 1 amide bonds. The Kier molecular flexibility index (Phi) is 10.2. The maximum Gasteiger partial charge on any atom is 0.328 e. The largest absolute Gasteiger partial charge is 0.463 e. The molecule has 5 atom stereocenters. The lowest BCUT2D eigenvalue weighted by Gasteiger charge is -2.46. The van der Waals surface area contributed by atoms with Crippen LogP contribution in [0.1, 0.15) is 25.0 Å². The fourth-order valence-electron chi connectivity index (χ4n) is 4.08. The van der Waals surface area contributed by atoms with Crippen LogP contribution in [-0.4, -0.2) is 64.9 Å². The predicted molar refractivity (Wildman–Crippen MR) is 130 cm³/mol. The standard InChI is InChI=1S/C25H32NO9P/c1-17(27)26-23-22(16-36(29,30)31)35-21(15-32-18(2)28)24(33-13-19-9-5-3-6-10-19)25(23)34-14-20-11-7-4-8-12-20/h3-12,21-25H,13-16H2,1-2H3,(H,26,27)(H2,29,30,31)/t21?,22-,23?,24-,25+/m0/s1. The minimum Gasteiger partial charge on any atom is -0.463 e. The molecule has 0 radical (unpaired) electrons. The van der Waals surface area contributed by atoms with Gasteiger partial charge in [0.05, 0.1) is 31.5 Å². The van der Waals surface area contributed by atoms with E-state index >= 15 is 0 Å². The summed E-state index contributed by atoms with van der Waals surface area (Å²) in [6.07, 6.45) is -4.39. The van der Waals surface area contributed by atoms with E-state index in [-0.39, 0.29) is 19.8 Å². The van der Waals surface area contributed by atoms with Gasteiger partial charge in [-0.25, -0.2) is 0 Å². The Morgan fingerprint density at radius 3 is 1.89 bits per heavy atom. The van der Waals surface area contributed by atoms with Gasteiger partial charge >= 0.3 is 13.6 Å². The molecule has 3 N–H and O–H groups in total. The second-order valence-electron chi connectivity index (χ2n) is 8.61. The molecule has 1 aliphatic heterocycles. The van der Waals surface area contributed by atoms with E-state index in [1.807, 2.05) is 60.7 Å². The van der Waals surface area contributed by atoms with Gasteiger partial charge in [0, 0.05) is 13.8 Å². The highest BCUT2D eigenvalue weighted by Crippen LogP contribution is 2.40. The second kappa shape index (κ2) is 13.1. The highest BCUT2D eigenvalue weighted by molar-refractivity contribution is 7.51. The molecule has 2 aromatic rings. The van der Waals surface area contributed by atoms with Gasteiger partial charge in [0.2, 0.25) is 5.91 Å². The zero-order valence-corrected chi connectivity index (χ0v) is 21.1. The van der Waals surface area contributed by atoms with Gasteiger partial charge in [-0.2, -0.15) is 0 Å². The van der Waals surface area contributed by atoms with E-state index in [4.69, 9.17) is 18.9 Å². The molecule has 2 aromatic carbocycles. The number of hydrogen-bond acceptors (Lipinski definition) is 7. The number of ether oxygens (including phenoxy) is 4. The van der Waals surface area contributed by atoms with Gasteiger partial charge < -0.3 is 34.1 Å². The molecule has 11 heteroatoms. The van der Waals surface area contributed by atoms with Crippen molar-refractivity contribution >= 4 is 19.5 Å². The number of rotatable bonds is 11.